The van der Waals surface area contributed by atoms with Gasteiger partial charge in [-0.2, -0.15) is 0 Å². The fraction of sp³-hybridized carbons (Fsp3) is 0.600. The zero-order valence-electron chi connectivity index (χ0n) is 40.3. The van der Waals surface area contributed by atoms with Crippen molar-refractivity contribution in [2.75, 3.05) is 53.9 Å². The summed E-state index contributed by atoms with van der Waals surface area (Å²) in [5.41, 5.74) is 4.18. The van der Waals surface area contributed by atoms with Gasteiger partial charge in [-0.05, 0) is 149 Å². The van der Waals surface area contributed by atoms with Crippen molar-refractivity contribution in [1.29, 1.82) is 0 Å². The van der Waals surface area contributed by atoms with Crippen LogP contribution in [0.25, 0.3) is 11.1 Å². The van der Waals surface area contributed by atoms with Crippen molar-refractivity contribution < 1.29 is 57.4 Å². The molecule has 372 valence electrons. The van der Waals surface area contributed by atoms with Crippen molar-refractivity contribution in [2.24, 2.45) is 0 Å². The molecule has 2 heterocycles. The van der Waals surface area contributed by atoms with Crippen molar-refractivity contribution in [1.82, 2.24) is 10.6 Å². The largest absolute Gasteiger partial charge is 0.513 e. The SMILES string of the molecule is CCOCCOC(=O)Cl.CCOCCOC(=O)OC1=C(c2c(CC)cc(Cl)cc2CC)C(=O)NC12CCC(OC)CC2.CCc1cc(Cl)cc(CC)c1C1=C(O)C2(CCC(OC)CC2)NC1=O. The lowest BCUT2D eigenvalue weighted by Gasteiger charge is -2.37. The van der Waals surface area contributed by atoms with Crippen LogP contribution in [0.1, 0.15) is 126 Å². The summed E-state index contributed by atoms with van der Waals surface area (Å²) in [5, 5.41) is 18.6. The Morgan fingerprint density at radius 1 is 0.627 bits per heavy atom. The van der Waals surface area contributed by atoms with Gasteiger partial charge < -0.3 is 48.9 Å². The summed E-state index contributed by atoms with van der Waals surface area (Å²) < 4.78 is 36.4. The molecular weight excluding hydrogens is 927 g/mol. The lowest BCUT2D eigenvalue weighted by molar-refractivity contribution is -0.117. The highest BCUT2D eigenvalue weighted by Crippen LogP contribution is 2.46. The lowest BCUT2D eigenvalue weighted by atomic mass is 9.78. The van der Waals surface area contributed by atoms with E-state index in [9.17, 15) is 24.3 Å². The smallest absolute Gasteiger partial charge is 0.509 e. The van der Waals surface area contributed by atoms with E-state index in [1.54, 1.807) is 14.2 Å². The molecule has 17 heteroatoms. The van der Waals surface area contributed by atoms with Gasteiger partial charge in [0.1, 0.15) is 24.7 Å². The molecule has 2 aliphatic heterocycles. The molecule has 0 unspecified atom stereocenters. The number of aliphatic hydroxyl groups excluding tert-OH is 1. The Morgan fingerprint density at radius 2 is 1.01 bits per heavy atom. The average molecular weight is 996 g/mol. The second-order valence-corrected chi connectivity index (χ2v) is 17.8. The summed E-state index contributed by atoms with van der Waals surface area (Å²) >= 11 is 17.4. The number of amides is 2. The van der Waals surface area contributed by atoms with Gasteiger partial charge in [-0.25, -0.2) is 9.59 Å². The van der Waals surface area contributed by atoms with Gasteiger partial charge in [0, 0.05) is 49.1 Å². The number of carbonyl (C=O) groups excluding carboxylic acids is 4. The molecule has 2 aliphatic carbocycles. The minimum Gasteiger partial charge on any atom is -0.509 e. The number of halogens is 3. The van der Waals surface area contributed by atoms with E-state index in [1.165, 1.54) is 0 Å². The number of nitrogens with one attached hydrogen (secondary N) is 2. The highest BCUT2D eigenvalue weighted by atomic mass is 35.5. The number of aliphatic hydroxyl groups is 1. The van der Waals surface area contributed by atoms with Gasteiger partial charge in [-0.15, -0.1) is 0 Å². The Labute approximate surface area is 410 Å². The first-order valence-electron chi connectivity index (χ1n) is 23.5. The van der Waals surface area contributed by atoms with Crippen LogP contribution >= 0.6 is 34.8 Å². The first-order chi connectivity index (χ1) is 32.1. The molecule has 4 aliphatic rings. The monoisotopic (exact) mass is 994 g/mol. The second kappa shape index (κ2) is 26.8. The Bertz CT molecular complexity index is 2040. The van der Waals surface area contributed by atoms with E-state index < -0.39 is 22.7 Å². The van der Waals surface area contributed by atoms with Crippen molar-refractivity contribution in [3.05, 3.63) is 79.2 Å². The maximum absolute atomic E-state index is 13.4. The van der Waals surface area contributed by atoms with Gasteiger partial charge in [0.2, 0.25) is 0 Å². The zero-order chi connectivity index (χ0) is 49.3. The topological polar surface area (TPSA) is 177 Å². The third kappa shape index (κ3) is 14.1. The van der Waals surface area contributed by atoms with Crippen LogP contribution in [0.3, 0.4) is 0 Å². The average Bonchev–Trinajstić information content (AvgIpc) is 3.71. The Balaban J connectivity index is 0.000000253. The summed E-state index contributed by atoms with van der Waals surface area (Å²) in [7, 11) is 3.41. The molecule has 0 saturated heterocycles. The van der Waals surface area contributed by atoms with Crippen LogP contribution in [0.2, 0.25) is 10.0 Å². The van der Waals surface area contributed by atoms with E-state index in [0.717, 1.165) is 71.9 Å². The summed E-state index contributed by atoms with van der Waals surface area (Å²) in [4.78, 5) is 48.8. The number of methoxy groups -OCH3 is 2. The third-order valence-corrected chi connectivity index (χ3v) is 13.3. The predicted molar refractivity (Wildman–Crippen MR) is 260 cm³/mol. The number of ether oxygens (including phenoxy) is 7. The maximum Gasteiger partial charge on any atom is 0.513 e. The summed E-state index contributed by atoms with van der Waals surface area (Å²) in [6, 6.07) is 7.55. The van der Waals surface area contributed by atoms with Crippen LogP contribution in [0.5, 0.6) is 0 Å². The van der Waals surface area contributed by atoms with E-state index in [4.69, 9.17) is 63.2 Å². The number of hydrogen-bond acceptors (Lipinski definition) is 12. The summed E-state index contributed by atoms with van der Waals surface area (Å²) in [6.07, 6.45) is 8.13. The highest BCUT2D eigenvalue weighted by Gasteiger charge is 2.51. The molecule has 0 bridgehead atoms. The summed E-state index contributed by atoms with van der Waals surface area (Å²) in [6.45, 7) is 14.0. The fourth-order valence-electron chi connectivity index (χ4n) is 9.30. The van der Waals surface area contributed by atoms with Crippen LogP contribution in [0.15, 0.2) is 35.8 Å². The predicted octanol–water partition coefficient (Wildman–Crippen LogP) is 10.4. The van der Waals surface area contributed by atoms with E-state index >= 15 is 0 Å². The molecule has 2 aromatic rings. The van der Waals surface area contributed by atoms with E-state index in [-0.39, 0.29) is 49.6 Å². The number of carbonyl (C=O) groups is 4. The molecule has 0 atom stereocenters. The van der Waals surface area contributed by atoms with Crippen molar-refractivity contribution in [3.8, 4) is 0 Å². The molecule has 2 fully saturated rings. The lowest BCUT2D eigenvalue weighted by Crippen LogP contribution is -2.49. The molecule has 2 aromatic carbocycles. The summed E-state index contributed by atoms with van der Waals surface area (Å²) in [5.74, 6) is 0.115. The molecule has 2 amide bonds. The molecule has 6 rings (SSSR count). The molecule has 0 radical (unpaired) electrons. The molecule has 2 spiro atoms. The quantitative estimate of drug-likeness (QED) is 0.0778. The highest BCUT2D eigenvalue weighted by molar-refractivity contribution is 6.61. The van der Waals surface area contributed by atoms with E-state index in [2.05, 4.69) is 15.4 Å². The normalized spacial score (nSPS) is 22.2. The van der Waals surface area contributed by atoms with Crippen molar-refractivity contribution in [2.45, 2.75) is 142 Å². The van der Waals surface area contributed by atoms with Crippen LogP contribution in [0.4, 0.5) is 9.59 Å². The third-order valence-electron chi connectivity index (χ3n) is 12.8. The van der Waals surface area contributed by atoms with E-state index in [0.29, 0.717) is 85.3 Å². The molecule has 0 aromatic heterocycles. The Kier molecular flexibility index (Phi) is 22.2. The fourth-order valence-corrected chi connectivity index (χ4v) is 9.90. The van der Waals surface area contributed by atoms with Gasteiger partial charge >= 0.3 is 11.6 Å². The van der Waals surface area contributed by atoms with E-state index in [1.807, 2.05) is 65.8 Å². The van der Waals surface area contributed by atoms with Gasteiger partial charge in [-0.3, -0.25) is 9.59 Å². The molecule has 14 nitrogen and oxygen atoms in total. The Hall–Kier alpha value is -3.89. The van der Waals surface area contributed by atoms with Crippen molar-refractivity contribution in [3.63, 3.8) is 0 Å². The van der Waals surface area contributed by atoms with Gasteiger partial charge in [0.25, 0.3) is 11.8 Å². The minimum atomic E-state index is -0.836. The van der Waals surface area contributed by atoms with Gasteiger partial charge in [-0.1, -0.05) is 50.9 Å². The first kappa shape index (κ1) is 55.7. The van der Waals surface area contributed by atoms with Gasteiger partial charge in [0.05, 0.1) is 47.6 Å². The first-order valence-corrected chi connectivity index (χ1v) is 24.6. The van der Waals surface area contributed by atoms with Crippen LogP contribution < -0.4 is 10.6 Å². The molecule has 3 N–H and O–H groups in total. The number of aryl methyl sites for hydroxylation is 4. The van der Waals surface area contributed by atoms with Crippen LogP contribution in [-0.4, -0.2) is 106 Å². The Morgan fingerprint density at radius 3 is 1.42 bits per heavy atom. The zero-order valence-corrected chi connectivity index (χ0v) is 42.5. The van der Waals surface area contributed by atoms with Crippen molar-refractivity contribution >= 4 is 69.3 Å². The second-order valence-electron chi connectivity index (χ2n) is 16.7. The molecule has 2 saturated carbocycles. The number of rotatable bonds is 17. The van der Waals surface area contributed by atoms with Crippen LogP contribution in [0, 0.1) is 0 Å². The van der Waals surface area contributed by atoms with Gasteiger partial charge in [0.15, 0.2) is 0 Å². The maximum atomic E-state index is 13.4. The standard InChI is InChI=1S/C25H34ClNO6.C20H26ClNO3.C5H9ClO3/c1-5-16-14-18(26)15-17(6-2)20(16)21-22(33-24(29)32-13-12-31-7-3)25(27-23(21)28)10-8-19(30-4)9-11-25;1-4-12-10-14(21)11-13(5-2)16(12)17-18(23)20(22-19(17)24)8-6-15(25-3)7-9-20;1-2-8-3-4-9-5(6)7/h14-15,19H,5-13H2,1-4H3,(H,27,28);10-11,15,23H,4-9H2,1-3H3,(H,22,24);2-4H2,1H3. The molecular formula is C50H69Cl3N2O12. The molecule has 67 heavy (non-hydrogen) atoms. The number of hydrogen-bond donors (Lipinski definition) is 3. The van der Waals surface area contributed by atoms with Crippen LogP contribution in [-0.2, 0) is 68.4 Å². The number of benzene rings is 2. The minimum absolute atomic E-state index is 0.0801.